The number of benzene rings is 2. The number of aliphatic hydroxyl groups is 3. The number of carbonyl (C=O) groups excluding carboxylic acids is 2. The lowest BCUT2D eigenvalue weighted by Gasteiger charge is -2.27. The third-order valence-corrected chi connectivity index (χ3v) is 5.88. The summed E-state index contributed by atoms with van der Waals surface area (Å²) in [5.74, 6) is -1.14. The van der Waals surface area contributed by atoms with Gasteiger partial charge in [0, 0.05) is 31.9 Å². The molecule has 7 N–H and O–H groups in total. The van der Waals surface area contributed by atoms with Crippen LogP contribution in [0.5, 0.6) is 0 Å². The maximum Gasteiger partial charge on any atom is 0.268 e. The van der Waals surface area contributed by atoms with Crippen LogP contribution in [0.2, 0.25) is 5.02 Å². The number of fused-ring (bicyclic) bond motifs is 1. The summed E-state index contributed by atoms with van der Waals surface area (Å²) in [6.07, 6.45) is -3.47. The Kier molecular flexibility index (Phi) is 7.72. The number of hydrogen-bond acceptors (Lipinski definition) is 5. The SMILES string of the molecule is O.O=C(N[C@@H](Cc1ccccc1)[C@@H](O)C(=O)N1C[C@@H](O)[C@@H](O)C1)c1cc2cc(Cl)ccc2[nH]1.[HH].[HH]. The van der Waals surface area contributed by atoms with Gasteiger partial charge < -0.3 is 36.0 Å². The first-order valence-corrected chi connectivity index (χ1v) is 10.7. The van der Waals surface area contributed by atoms with E-state index in [1.165, 1.54) is 4.90 Å². The van der Waals surface area contributed by atoms with Crippen molar-refractivity contribution in [1.29, 1.82) is 0 Å². The summed E-state index contributed by atoms with van der Waals surface area (Å²) >= 11 is 6.02. The van der Waals surface area contributed by atoms with Crippen molar-refractivity contribution in [2.75, 3.05) is 13.1 Å². The van der Waals surface area contributed by atoms with Crippen LogP contribution in [0.1, 0.15) is 18.9 Å². The molecule has 0 bridgehead atoms. The van der Waals surface area contributed by atoms with Crippen LogP contribution in [0, 0.1) is 0 Å². The van der Waals surface area contributed by atoms with Crippen LogP contribution in [-0.2, 0) is 11.2 Å². The normalized spacial score (nSPS) is 19.7. The molecule has 33 heavy (non-hydrogen) atoms. The Hall–Kier alpha value is -2.95. The molecule has 1 aliphatic heterocycles. The molecule has 1 aliphatic rings. The highest BCUT2D eigenvalue weighted by Crippen LogP contribution is 2.21. The van der Waals surface area contributed by atoms with Crippen molar-refractivity contribution in [2.24, 2.45) is 0 Å². The number of aromatic nitrogens is 1. The van der Waals surface area contributed by atoms with E-state index in [0.29, 0.717) is 5.02 Å². The van der Waals surface area contributed by atoms with Gasteiger partial charge in [-0.3, -0.25) is 9.59 Å². The largest absolute Gasteiger partial charge is 0.412 e. The smallest absolute Gasteiger partial charge is 0.268 e. The van der Waals surface area contributed by atoms with E-state index in [4.69, 9.17) is 11.6 Å². The van der Waals surface area contributed by atoms with Crippen LogP contribution in [0.4, 0.5) is 0 Å². The summed E-state index contributed by atoms with van der Waals surface area (Å²) in [5, 5.41) is 34.4. The zero-order valence-electron chi connectivity index (χ0n) is 17.6. The number of nitrogens with one attached hydrogen (secondary N) is 2. The number of carbonyl (C=O) groups is 2. The number of aromatic amines is 1. The number of aliphatic hydroxyl groups excluding tert-OH is 3. The van der Waals surface area contributed by atoms with Gasteiger partial charge in [0.1, 0.15) is 5.69 Å². The topological polar surface area (TPSA) is 157 Å². The second-order valence-electron chi connectivity index (χ2n) is 8.01. The molecule has 2 heterocycles. The highest BCUT2D eigenvalue weighted by Gasteiger charge is 2.38. The summed E-state index contributed by atoms with van der Waals surface area (Å²) in [7, 11) is 0. The third-order valence-electron chi connectivity index (χ3n) is 5.65. The molecule has 1 saturated heterocycles. The molecule has 180 valence electrons. The van der Waals surface area contributed by atoms with Gasteiger partial charge in [0.2, 0.25) is 0 Å². The monoisotopic (exact) mass is 479 g/mol. The Bertz CT molecular complexity index is 1120. The number of halogens is 1. The molecule has 0 spiro atoms. The Morgan fingerprint density at radius 1 is 1.12 bits per heavy atom. The lowest BCUT2D eigenvalue weighted by Crippen LogP contribution is -2.52. The van der Waals surface area contributed by atoms with Crippen LogP contribution in [0.15, 0.2) is 54.6 Å². The number of β-amino-alcohol motifs (C(OH)–C–C–N with tert-alkyl or cyclic N) is 2. The van der Waals surface area contributed by atoms with Crippen LogP contribution in [0.25, 0.3) is 10.9 Å². The number of likely N-dealkylation sites (tertiary alicyclic amines) is 1. The molecule has 9 nitrogen and oxygen atoms in total. The molecular formula is C23H30ClN3O6. The molecule has 0 unspecified atom stereocenters. The molecule has 4 atom stereocenters. The number of hydrogen-bond donors (Lipinski definition) is 5. The first-order valence-electron chi connectivity index (χ1n) is 10.3. The van der Waals surface area contributed by atoms with E-state index in [0.717, 1.165) is 16.5 Å². The Morgan fingerprint density at radius 3 is 2.45 bits per heavy atom. The van der Waals surface area contributed by atoms with E-state index >= 15 is 0 Å². The minimum Gasteiger partial charge on any atom is -0.412 e. The summed E-state index contributed by atoms with van der Waals surface area (Å²) in [6, 6.07) is 15.1. The molecule has 0 saturated carbocycles. The van der Waals surface area contributed by atoms with Crippen molar-refractivity contribution in [3.8, 4) is 0 Å². The molecule has 10 heteroatoms. The fourth-order valence-electron chi connectivity index (χ4n) is 3.89. The number of amides is 2. The minimum atomic E-state index is -1.56. The zero-order chi connectivity index (χ0) is 22.8. The van der Waals surface area contributed by atoms with Crippen LogP contribution in [-0.4, -0.2) is 79.9 Å². The van der Waals surface area contributed by atoms with Crippen molar-refractivity contribution in [2.45, 2.75) is 30.8 Å². The molecule has 1 aromatic heterocycles. The van der Waals surface area contributed by atoms with E-state index in [1.807, 2.05) is 30.3 Å². The fourth-order valence-corrected chi connectivity index (χ4v) is 4.07. The van der Waals surface area contributed by atoms with E-state index < -0.39 is 36.2 Å². The lowest BCUT2D eigenvalue weighted by molar-refractivity contribution is -0.141. The van der Waals surface area contributed by atoms with Crippen molar-refractivity contribution in [1.82, 2.24) is 15.2 Å². The predicted octanol–water partition coefficient (Wildman–Crippen LogP) is 0.755. The summed E-state index contributed by atoms with van der Waals surface area (Å²) in [4.78, 5) is 30.0. The highest BCUT2D eigenvalue weighted by atomic mass is 35.5. The first-order chi connectivity index (χ1) is 15.3. The maximum absolute atomic E-state index is 13.0. The predicted molar refractivity (Wildman–Crippen MR) is 127 cm³/mol. The van der Waals surface area contributed by atoms with Crippen molar-refractivity contribution >= 4 is 34.3 Å². The molecule has 1 fully saturated rings. The molecule has 2 amide bonds. The van der Waals surface area contributed by atoms with Gasteiger partial charge in [0.25, 0.3) is 11.8 Å². The number of H-pyrrole nitrogens is 1. The Balaban J connectivity index is 0.00000204. The Labute approximate surface area is 197 Å². The van der Waals surface area contributed by atoms with Crippen molar-refractivity contribution in [3.63, 3.8) is 0 Å². The average Bonchev–Trinajstić information content (AvgIpc) is 3.35. The third kappa shape index (κ3) is 5.52. The highest BCUT2D eigenvalue weighted by molar-refractivity contribution is 6.31. The van der Waals surface area contributed by atoms with E-state index in [1.54, 1.807) is 24.3 Å². The molecule has 0 aliphatic carbocycles. The molecule has 0 radical (unpaired) electrons. The van der Waals surface area contributed by atoms with Gasteiger partial charge in [-0.25, -0.2) is 0 Å². The van der Waals surface area contributed by atoms with Gasteiger partial charge in [-0.05, 0) is 36.2 Å². The summed E-state index contributed by atoms with van der Waals surface area (Å²) < 4.78 is 0. The van der Waals surface area contributed by atoms with Gasteiger partial charge >= 0.3 is 0 Å². The summed E-state index contributed by atoms with van der Waals surface area (Å²) in [5.41, 5.74) is 1.83. The first kappa shape index (κ1) is 24.7. The standard InChI is InChI=1S/C23H24ClN3O5.H2O.2H2/c24-15-6-7-16-14(9-15)10-18(25-16)22(31)26-17(8-13-4-2-1-3-5-13)21(30)23(32)27-11-19(28)20(29)12-27;;;/h1-7,9-10,17,19-21,25,28-30H,8,11-12H2,(H,26,31);1H2;2*1H/t17-,19-,20+,21+;;;/m0.../s1. The van der Waals surface area contributed by atoms with Gasteiger partial charge in [-0.1, -0.05) is 41.9 Å². The number of rotatable bonds is 6. The van der Waals surface area contributed by atoms with E-state index in [2.05, 4.69) is 10.3 Å². The van der Waals surface area contributed by atoms with E-state index in [-0.39, 0.29) is 33.5 Å². The van der Waals surface area contributed by atoms with Crippen molar-refractivity contribution in [3.05, 3.63) is 70.9 Å². The average molecular weight is 480 g/mol. The second-order valence-corrected chi connectivity index (χ2v) is 8.44. The summed E-state index contributed by atoms with van der Waals surface area (Å²) in [6.45, 7) is -0.155. The van der Waals surface area contributed by atoms with Gasteiger partial charge in [0.15, 0.2) is 6.10 Å². The van der Waals surface area contributed by atoms with Crippen LogP contribution >= 0.6 is 11.6 Å². The maximum atomic E-state index is 13.0. The van der Waals surface area contributed by atoms with Gasteiger partial charge in [-0.2, -0.15) is 0 Å². The molecule has 3 aromatic rings. The molecule has 4 rings (SSSR count). The lowest BCUT2D eigenvalue weighted by atomic mass is 10.00. The zero-order valence-corrected chi connectivity index (χ0v) is 18.4. The van der Waals surface area contributed by atoms with Gasteiger partial charge in [0.05, 0.1) is 18.2 Å². The van der Waals surface area contributed by atoms with Gasteiger partial charge in [-0.15, -0.1) is 0 Å². The minimum absolute atomic E-state index is 0. The molecular weight excluding hydrogens is 450 g/mol. The van der Waals surface area contributed by atoms with Crippen molar-refractivity contribution < 1.29 is 33.2 Å². The second kappa shape index (κ2) is 10.3. The molecule has 2 aromatic carbocycles. The fraction of sp³-hybridized carbons (Fsp3) is 0.304. The number of nitrogens with zero attached hydrogens (tertiary/aromatic N) is 1. The van der Waals surface area contributed by atoms with E-state index in [9.17, 15) is 24.9 Å². The Morgan fingerprint density at radius 2 is 1.79 bits per heavy atom. The quantitative estimate of drug-likeness (QED) is 0.352. The van der Waals surface area contributed by atoms with Crippen LogP contribution in [0.3, 0.4) is 0 Å². The van der Waals surface area contributed by atoms with Crippen LogP contribution < -0.4 is 5.32 Å².